The van der Waals surface area contributed by atoms with E-state index in [2.05, 4.69) is 37.3 Å². The third kappa shape index (κ3) is 3.24. The van der Waals surface area contributed by atoms with Gasteiger partial charge in [0, 0.05) is 0 Å². The molecule has 0 aliphatic carbocycles. The highest BCUT2D eigenvalue weighted by atomic mass is 16.3. The molecule has 0 aromatic heterocycles. The summed E-state index contributed by atoms with van der Waals surface area (Å²) in [6.45, 7) is 2.19. The van der Waals surface area contributed by atoms with Crippen LogP contribution in [-0.2, 0) is 0 Å². The molecule has 2 aromatic rings. The first-order chi connectivity index (χ1) is 8.79. The summed E-state index contributed by atoms with van der Waals surface area (Å²) in [7, 11) is 0. The third-order valence-corrected chi connectivity index (χ3v) is 2.90. The van der Waals surface area contributed by atoms with Gasteiger partial charge in [0.25, 0.3) is 0 Å². The topological polar surface area (TPSA) is 20.2 Å². The van der Waals surface area contributed by atoms with Crippen molar-refractivity contribution >= 4 is 11.6 Å². The van der Waals surface area contributed by atoms with Gasteiger partial charge < -0.3 is 5.11 Å². The number of allylic oxidation sites excluding steroid dienone is 1. The molecule has 92 valence electrons. The van der Waals surface area contributed by atoms with Crippen LogP contribution in [0.5, 0.6) is 5.75 Å². The van der Waals surface area contributed by atoms with Gasteiger partial charge in [0.15, 0.2) is 0 Å². The van der Waals surface area contributed by atoms with Gasteiger partial charge >= 0.3 is 0 Å². The molecular formula is C17H18O. The Morgan fingerprint density at radius 2 is 1.67 bits per heavy atom. The van der Waals surface area contributed by atoms with Gasteiger partial charge in [0.2, 0.25) is 0 Å². The first-order valence-electron chi connectivity index (χ1n) is 6.34. The van der Waals surface area contributed by atoms with E-state index in [-0.39, 0.29) is 0 Å². The molecular weight excluding hydrogens is 220 g/mol. The minimum atomic E-state index is 0.309. The molecule has 0 saturated carbocycles. The van der Waals surface area contributed by atoms with Crippen molar-refractivity contribution in [3.8, 4) is 5.75 Å². The maximum absolute atomic E-state index is 9.29. The standard InChI is InChI=1S/C17H18O/c1-2-6-16(15-7-4-3-5-8-15)13-14-9-11-17(18)12-10-14/h3-5,7-13,18H,2,6H2,1H3/b16-13-. The van der Waals surface area contributed by atoms with Crippen LogP contribution in [0.2, 0.25) is 0 Å². The molecule has 1 nitrogen and oxygen atoms in total. The highest BCUT2D eigenvalue weighted by Gasteiger charge is 2.00. The van der Waals surface area contributed by atoms with Crippen molar-refractivity contribution in [3.63, 3.8) is 0 Å². The average molecular weight is 238 g/mol. The van der Waals surface area contributed by atoms with Crippen molar-refractivity contribution in [1.82, 2.24) is 0 Å². The Morgan fingerprint density at radius 1 is 1.00 bits per heavy atom. The van der Waals surface area contributed by atoms with Crippen LogP contribution in [0.15, 0.2) is 54.6 Å². The molecule has 0 saturated heterocycles. The largest absolute Gasteiger partial charge is 0.508 e. The van der Waals surface area contributed by atoms with E-state index in [0.717, 1.165) is 18.4 Å². The lowest BCUT2D eigenvalue weighted by Gasteiger charge is -2.07. The van der Waals surface area contributed by atoms with Crippen LogP contribution >= 0.6 is 0 Å². The average Bonchev–Trinajstić information content (AvgIpc) is 2.42. The Kier molecular flexibility index (Phi) is 4.19. The summed E-state index contributed by atoms with van der Waals surface area (Å²) < 4.78 is 0. The maximum Gasteiger partial charge on any atom is 0.115 e. The van der Waals surface area contributed by atoms with Gasteiger partial charge in [-0.25, -0.2) is 0 Å². The smallest absolute Gasteiger partial charge is 0.115 e. The lowest BCUT2D eigenvalue weighted by atomic mass is 9.99. The molecule has 0 unspecified atom stereocenters. The van der Waals surface area contributed by atoms with E-state index in [1.54, 1.807) is 12.1 Å². The molecule has 1 N–H and O–H groups in total. The van der Waals surface area contributed by atoms with Crippen molar-refractivity contribution in [3.05, 3.63) is 65.7 Å². The second-order valence-electron chi connectivity index (χ2n) is 4.38. The first-order valence-corrected chi connectivity index (χ1v) is 6.34. The van der Waals surface area contributed by atoms with Crippen LogP contribution < -0.4 is 0 Å². The molecule has 0 atom stereocenters. The van der Waals surface area contributed by atoms with Gasteiger partial charge in [0.1, 0.15) is 5.75 Å². The fourth-order valence-corrected chi connectivity index (χ4v) is 1.99. The van der Waals surface area contributed by atoms with Crippen LogP contribution in [-0.4, -0.2) is 5.11 Å². The molecule has 0 aliphatic rings. The zero-order valence-electron chi connectivity index (χ0n) is 10.6. The normalized spacial score (nSPS) is 11.5. The molecule has 0 fully saturated rings. The predicted molar refractivity (Wildman–Crippen MR) is 77.3 cm³/mol. The van der Waals surface area contributed by atoms with Crippen molar-refractivity contribution in [1.29, 1.82) is 0 Å². The second kappa shape index (κ2) is 6.06. The van der Waals surface area contributed by atoms with Gasteiger partial charge in [0.05, 0.1) is 0 Å². The molecule has 0 radical (unpaired) electrons. The van der Waals surface area contributed by atoms with Crippen LogP contribution in [0.1, 0.15) is 30.9 Å². The summed E-state index contributed by atoms with van der Waals surface area (Å²) in [6, 6.07) is 17.8. The van der Waals surface area contributed by atoms with Gasteiger partial charge in [-0.2, -0.15) is 0 Å². The number of aromatic hydroxyl groups is 1. The fraction of sp³-hybridized carbons (Fsp3) is 0.176. The first kappa shape index (κ1) is 12.4. The minimum absolute atomic E-state index is 0.309. The van der Waals surface area contributed by atoms with Crippen LogP contribution in [0, 0.1) is 0 Å². The number of benzene rings is 2. The van der Waals surface area contributed by atoms with E-state index in [0.29, 0.717) is 5.75 Å². The summed E-state index contributed by atoms with van der Waals surface area (Å²) in [5.41, 5.74) is 3.73. The molecule has 0 amide bonds. The Bertz CT molecular complexity index is 509. The molecule has 0 heterocycles. The van der Waals surface area contributed by atoms with Crippen molar-refractivity contribution in [2.75, 3.05) is 0 Å². The Labute approximate surface area is 108 Å². The quantitative estimate of drug-likeness (QED) is 0.763. The number of phenolic OH excluding ortho intramolecular Hbond substituents is 1. The number of hydrogen-bond donors (Lipinski definition) is 1. The Morgan fingerprint density at radius 3 is 2.28 bits per heavy atom. The number of rotatable bonds is 4. The van der Waals surface area contributed by atoms with Crippen molar-refractivity contribution < 1.29 is 5.11 Å². The van der Waals surface area contributed by atoms with Gasteiger partial charge in [-0.15, -0.1) is 0 Å². The number of hydrogen-bond acceptors (Lipinski definition) is 1. The van der Waals surface area contributed by atoms with E-state index in [4.69, 9.17) is 0 Å². The van der Waals surface area contributed by atoms with Gasteiger partial charge in [-0.05, 0) is 35.3 Å². The minimum Gasteiger partial charge on any atom is -0.508 e. The van der Waals surface area contributed by atoms with Crippen LogP contribution in [0.3, 0.4) is 0 Å². The molecule has 18 heavy (non-hydrogen) atoms. The summed E-state index contributed by atoms with van der Waals surface area (Å²) in [4.78, 5) is 0. The van der Waals surface area contributed by atoms with E-state index < -0.39 is 0 Å². The monoisotopic (exact) mass is 238 g/mol. The van der Waals surface area contributed by atoms with E-state index in [9.17, 15) is 5.11 Å². The van der Waals surface area contributed by atoms with E-state index in [1.165, 1.54) is 11.1 Å². The highest BCUT2D eigenvalue weighted by Crippen LogP contribution is 2.23. The Balaban J connectivity index is 2.33. The van der Waals surface area contributed by atoms with Crippen LogP contribution in [0.4, 0.5) is 0 Å². The van der Waals surface area contributed by atoms with E-state index >= 15 is 0 Å². The molecule has 2 aromatic carbocycles. The molecule has 0 bridgehead atoms. The lowest BCUT2D eigenvalue weighted by molar-refractivity contribution is 0.475. The molecule has 0 spiro atoms. The fourth-order valence-electron chi connectivity index (χ4n) is 1.99. The molecule has 0 aliphatic heterocycles. The zero-order valence-corrected chi connectivity index (χ0v) is 10.6. The van der Waals surface area contributed by atoms with Gasteiger partial charge in [-0.1, -0.05) is 61.9 Å². The van der Waals surface area contributed by atoms with E-state index in [1.807, 2.05) is 18.2 Å². The highest BCUT2D eigenvalue weighted by molar-refractivity contribution is 5.81. The zero-order chi connectivity index (χ0) is 12.8. The van der Waals surface area contributed by atoms with Gasteiger partial charge in [-0.3, -0.25) is 0 Å². The summed E-state index contributed by atoms with van der Waals surface area (Å²) in [5, 5.41) is 9.29. The summed E-state index contributed by atoms with van der Waals surface area (Å²) >= 11 is 0. The molecule has 1 heteroatoms. The Hall–Kier alpha value is -2.02. The maximum atomic E-state index is 9.29. The third-order valence-electron chi connectivity index (χ3n) is 2.90. The number of phenols is 1. The predicted octanol–water partition coefficient (Wildman–Crippen LogP) is 4.73. The second-order valence-corrected chi connectivity index (χ2v) is 4.38. The van der Waals surface area contributed by atoms with Crippen molar-refractivity contribution in [2.45, 2.75) is 19.8 Å². The molecule has 2 rings (SSSR count). The SMILES string of the molecule is CCC/C(=C/c1ccc(O)cc1)c1ccccc1. The lowest BCUT2D eigenvalue weighted by Crippen LogP contribution is -1.84. The van der Waals surface area contributed by atoms with Crippen LogP contribution in [0.25, 0.3) is 11.6 Å². The summed E-state index contributed by atoms with van der Waals surface area (Å²) in [5.74, 6) is 0.309. The summed E-state index contributed by atoms with van der Waals surface area (Å²) in [6.07, 6.45) is 4.38. The van der Waals surface area contributed by atoms with Crippen molar-refractivity contribution in [2.24, 2.45) is 0 Å².